The van der Waals surface area contributed by atoms with Crippen LogP contribution in [-0.4, -0.2) is 20.6 Å². The zero-order chi connectivity index (χ0) is 14.5. The fraction of sp³-hybridized carbons (Fsp3) is 0.154. The van der Waals surface area contributed by atoms with Crippen LogP contribution in [0.25, 0.3) is 0 Å². The van der Waals surface area contributed by atoms with Gasteiger partial charge in [0.1, 0.15) is 6.67 Å². The van der Waals surface area contributed by atoms with Gasteiger partial charge in [-0.3, -0.25) is 9.59 Å². The summed E-state index contributed by atoms with van der Waals surface area (Å²) in [5.74, 6) is -1.13. The predicted molar refractivity (Wildman–Crippen MR) is 72.7 cm³/mol. The Morgan fingerprint density at radius 3 is 2.60 bits per heavy atom. The summed E-state index contributed by atoms with van der Waals surface area (Å²) in [5, 5.41) is 11.6. The quantitative estimate of drug-likeness (QED) is 0.724. The molecule has 0 bridgehead atoms. The third-order valence-corrected chi connectivity index (χ3v) is 2.69. The van der Waals surface area contributed by atoms with E-state index in [1.165, 1.54) is 0 Å². The van der Waals surface area contributed by atoms with E-state index in [1.807, 2.05) is 18.2 Å². The molecule has 104 valence electrons. The summed E-state index contributed by atoms with van der Waals surface area (Å²) in [5.41, 5.74) is -0.415. The lowest BCUT2D eigenvalue weighted by Gasteiger charge is -2.08. The first-order chi connectivity index (χ1) is 9.58. The lowest BCUT2D eigenvalue weighted by Crippen LogP contribution is -2.39. The number of aromatic nitrogens is 2. The van der Waals surface area contributed by atoms with Gasteiger partial charge in [-0.05, 0) is 12.1 Å². The smallest absolute Gasteiger partial charge is 0.329 e. The summed E-state index contributed by atoms with van der Waals surface area (Å²) >= 11 is 0. The van der Waals surface area contributed by atoms with Crippen LogP contribution in [-0.2, 0) is 17.9 Å². The summed E-state index contributed by atoms with van der Waals surface area (Å²) in [4.78, 5) is 36.6. The van der Waals surface area contributed by atoms with Gasteiger partial charge in [0.2, 0.25) is 0 Å². The standard InChI is InChI=1S/C13H13N3O4/c17-11(18)6-9-7-14-13(20)16(12(9)19)8-15-10-4-2-1-3-5-10/h1-5,7,15H,6,8H2,(H,14,20)(H,17,18). The number of aliphatic carboxylic acids is 1. The van der Waals surface area contributed by atoms with E-state index in [2.05, 4.69) is 10.3 Å². The third-order valence-electron chi connectivity index (χ3n) is 2.69. The maximum atomic E-state index is 12.0. The second kappa shape index (κ2) is 5.87. The first kappa shape index (κ1) is 13.6. The van der Waals surface area contributed by atoms with E-state index in [0.717, 1.165) is 16.5 Å². The van der Waals surface area contributed by atoms with Crippen molar-refractivity contribution >= 4 is 11.7 Å². The van der Waals surface area contributed by atoms with Crippen LogP contribution in [0.2, 0.25) is 0 Å². The Hall–Kier alpha value is -2.83. The van der Waals surface area contributed by atoms with E-state index in [-0.39, 0.29) is 12.2 Å². The number of aromatic amines is 1. The molecule has 7 nitrogen and oxygen atoms in total. The van der Waals surface area contributed by atoms with E-state index >= 15 is 0 Å². The predicted octanol–water partition coefficient (Wildman–Crippen LogP) is 0.233. The van der Waals surface area contributed by atoms with Crippen LogP contribution in [0.3, 0.4) is 0 Å². The zero-order valence-corrected chi connectivity index (χ0v) is 10.5. The first-order valence-electron chi connectivity index (χ1n) is 5.90. The van der Waals surface area contributed by atoms with Crippen molar-refractivity contribution in [3.63, 3.8) is 0 Å². The van der Waals surface area contributed by atoms with Crippen LogP contribution in [0.4, 0.5) is 5.69 Å². The molecule has 7 heteroatoms. The molecule has 0 saturated carbocycles. The van der Waals surface area contributed by atoms with Crippen molar-refractivity contribution < 1.29 is 9.90 Å². The Balaban J connectivity index is 2.25. The Morgan fingerprint density at radius 1 is 1.25 bits per heavy atom. The second-order valence-corrected chi connectivity index (χ2v) is 4.12. The van der Waals surface area contributed by atoms with Gasteiger partial charge in [0, 0.05) is 17.4 Å². The maximum Gasteiger partial charge on any atom is 0.329 e. The number of rotatable bonds is 5. The van der Waals surface area contributed by atoms with Crippen molar-refractivity contribution in [2.24, 2.45) is 0 Å². The minimum atomic E-state index is -1.13. The van der Waals surface area contributed by atoms with Gasteiger partial charge in [-0.15, -0.1) is 0 Å². The van der Waals surface area contributed by atoms with Crippen LogP contribution >= 0.6 is 0 Å². The molecular weight excluding hydrogens is 262 g/mol. The van der Waals surface area contributed by atoms with Crippen molar-refractivity contribution in [2.75, 3.05) is 5.32 Å². The Labute approximate surface area is 113 Å². The molecular formula is C13H13N3O4. The number of nitrogens with one attached hydrogen (secondary N) is 2. The van der Waals surface area contributed by atoms with Crippen molar-refractivity contribution in [2.45, 2.75) is 13.1 Å². The highest BCUT2D eigenvalue weighted by Crippen LogP contribution is 2.04. The minimum Gasteiger partial charge on any atom is -0.481 e. The number of hydrogen-bond donors (Lipinski definition) is 3. The summed E-state index contributed by atoms with van der Waals surface area (Å²) in [7, 11) is 0. The zero-order valence-electron chi connectivity index (χ0n) is 10.5. The van der Waals surface area contributed by atoms with Crippen molar-refractivity contribution in [1.82, 2.24) is 9.55 Å². The number of anilines is 1. The number of carbonyl (C=O) groups is 1. The molecule has 2 aromatic rings. The second-order valence-electron chi connectivity index (χ2n) is 4.12. The number of nitrogens with zero attached hydrogens (tertiary/aromatic N) is 1. The average Bonchev–Trinajstić information content (AvgIpc) is 2.43. The number of hydrogen-bond acceptors (Lipinski definition) is 4. The first-order valence-corrected chi connectivity index (χ1v) is 5.90. The van der Waals surface area contributed by atoms with Gasteiger partial charge in [-0.2, -0.15) is 0 Å². The van der Waals surface area contributed by atoms with Crippen LogP contribution in [0.15, 0.2) is 46.1 Å². The molecule has 0 amide bonds. The monoisotopic (exact) mass is 275 g/mol. The molecule has 0 aliphatic rings. The molecule has 0 fully saturated rings. The molecule has 0 spiro atoms. The highest BCUT2D eigenvalue weighted by molar-refractivity contribution is 5.69. The van der Waals surface area contributed by atoms with E-state index < -0.39 is 23.6 Å². The fourth-order valence-corrected chi connectivity index (χ4v) is 1.71. The molecule has 1 aromatic carbocycles. The van der Waals surface area contributed by atoms with Gasteiger partial charge in [-0.1, -0.05) is 18.2 Å². The van der Waals surface area contributed by atoms with Crippen LogP contribution < -0.4 is 16.6 Å². The van der Waals surface area contributed by atoms with Gasteiger partial charge in [0.25, 0.3) is 5.56 Å². The highest BCUT2D eigenvalue weighted by atomic mass is 16.4. The maximum absolute atomic E-state index is 12.0. The lowest BCUT2D eigenvalue weighted by atomic mass is 10.2. The number of H-pyrrole nitrogens is 1. The van der Waals surface area contributed by atoms with Gasteiger partial charge in [-0.25, -0.2) is 9.36 Å². The molecule has 1 aromatic heterocycles. The van der Waals surface area contributed by atoms with E-state index in [1.54, 1.807) is 12.1 Å². The van der Waals surface area contributed by atoms with Gasteiger partial charge < -0.3 is 15.4 Å². The average molecular weight is 275 g/mol. The summed E-state index contributed by atoms with van der Waals surface area (Å²) in [6, 6.07) is 9.06. The van der Waals surface area contributed by atoms with Crippen molar-refractivity contribution in [1.29, 1.82) is 0 Å². The molecule has 0 unspecified atom stereocenters. The third kappa shape index (κ3) is 3.14. The fourth-order valence-electron chi connectivity index (χ4n) is 1.71. The van der Waals surface area contributed by atoms with Gasteiger partial charge in [0.05, 0.1) is 6.42 Å². The van der Waals surface area contributed by atoms with Crippen molar-refractivity contribution in [3.8, 4) is 0 Å². The minimum absolute atomic E-state index is 0.0342. The molecule has 0 atom stereocenters. The van der Waals surface area contributed by atoms with Crippen LogP contribution in [0.1, 0.15) is 5.56 Å². The van der Waals surface area contributed by atoms with E-state index in [0.29, 0.717) is 0 Å². The molecule has 0 aliphatic heterocycles. The molecule has 20 heavy (non-hydrogen) atoms. The molecule has 2 rings (SSSR count). The molecule has 1 heterocycles. The molecule has 3 N–H and O–H groups in total. The number of carboxylic acids is 1. The summed E-state index contributed by atoms with van der Waals surface area (Å²) in [6.07, 6.45) is 0.707. The summed E-state index contributed by atoms with van der Waals surface area (Å²) in [6.45, 7) is -0.0361. The van der Waals surface area contributed by atoms with Gasteiger partial charge >= 0.3 is 11.7 Å². The number of carboxylic acid groups (broad SMARTS) is 1. The molecule has 0 saturated heterocycles. The van der Waals surface area contributed by atoms with Crippen molar-refractivity contribution in [3.05, 3.63) is 62.9 Å². The van der Waals surface area contributed by atoms with Gasteiger partial charge in [0.15, 0.2) is 0 Å². The van der Waals surface area contributed by atoms with Crippen LogP contribution in [0.5, 0.6) is 0 Å². The number of para-hydroxylation sites is 1. The highest BCUT2D eigenvalue weighted by Gasteiger charge is 2.10. The van der Waals surface area contributed by atoms with Crippen LogP contribution in [0, 0.1) is 0 Å². The number of benzene rings is 1. The Kier molecular flexibility index (Phi) is 3.99. The summed E-state index contributed by atoms with van der Waals surface area (Å²) < 4.78 is 0.922. The largest absolute Gasteiger partial charge is 0.481 e. The Bertz CT molecular complexity index is 718. The van der Waals surface area contributed by atoms with E-state index in [9.17, 15) is 14.4 Å². The molecule has 0 radical (unpaired) electrons. The topological polar surface area (TPSA) is 104 Å². The van der Waals surface area contributed by atoms with E-state index in [4.69, 9.17) is 5.11 Å². The Morgan fingerprint density at radius 2 is 1.95 bits per heavy atom. The SMILES string of the molecule is O=C(O)Cc1c[nH]c(=O)n(CNc2ccccc2)c1=O. The normalized spacial score (nSPS) is 10.2. The lowest BCUT2D eigenvalue weighted by molar-refractivity contribution is -0.136. The molecule has 0 aliphatic carbocycles.